The fourth-order valence-corrected chi connectivity index (χ4v) is 5.47. The first kappa shape index (κ1) is 28.1. The van der Waals surface area contributed by atoms with E-state index >= 15 is 0 Å². The summed E-state index contributed by atoms with van der Waals surface area (Å²) in [6, 6.07) is 20.2. The minimum Gasteiger partial charge on any atom is -0.490 e. The van der Waals surface area contributed by atoms with Crippen LogP contribution in [0.3, 0.4) is 0 Å². The fourth-order valence-electron chi connectivity index (χ4n) is 5.47. The highest BCUT2D eigenvalue weighted by atomic mass is 19.2. The number of unbranched alkanes of at least 4 members (excludes halogenated alkanes) is 1. The lowest BCUT2D eigenvalue weighted by Crippen LogP contribution is -2.11. The van der Waals surface area contributed by atoms with Crippen LogP contribution in [0.15, 0.2) is 72.8 Å². The van der Waals surface area contributed by atoms with E-state index in [1.807, 2.05) is 31.2 Å². The molecule has 0 N–H and O–H groups in total. The Labute approximate surface area is 227 Å². The first-order valence-corrected chi connectivity index (χ1v) is 14.5. The van der Waals surface area contributed by atoms with Gasteiger partial charge in [0, 0.05) is 5.56 Å². The van der Waals surface area contributed by atoms with E-state index in [0.717, 1.165) is 25.7 Å². The van der Waals surface area contributed by atoms with Gasteiger partial charge in [0.15, 0.2) is 11.6 Å². The third-order valence-corrected chi connectivity index (χ3v) is 7.84. The Balaban J connectivity index is 1.23. The van der Waals surface area contributed by atoms with E-state index in [2.05, 4.69) is 43.3 Å². The van der Waals surface area contributed by atoms with Gasteiger partial charge in [-0.2, -0.15) is 4.39 Å². The molecule has 0 spiro atoms. The standard InChI is InChI=1S/C35H42F2O/c1-3-5-25-38-33-24-23-32(34(36)35(33)37)31-21-15-28(16-22-31)10-7-6-9-27-13-19-30(20-14-27)29-17-11-26(8-4-2)12-18-29/h6,9,11-12,15-18,21-24,27,30H,3-5,7-8,10,13-14,19-20,25H2,1-2H3/b9-6+. The third kappa shape index (κ3) is 7.56. The molecule has 0 bridgehead atoms. The van der Waals surface area contributed by atoms with Crippen molar-refractivity contribution in [2.24, 2.45) is 5.92 Å². The predicted molar refractivity (Wildman–Crippen MR) is 155 cm³/mol. The summed E-state index contributed by atoms with van der Waals surface area (Å²) in [7, 11) is 0. The van der Waals surface area contributed by atoms with Gasteiger partial charge in [-0.3, -0.25) is 0 Å². The van der Waals surface area contributed by atoms with Crippen LogP contribution in [-0.4, -0.2) is 6.61 Å². The second kappa shape index (κ2) is 14.3. The van der Waals surface area contributed by atoms with Gasteiger partial charge in [0.2, 0.25) is 5.82 Å². The molecule has 0 unspecified atom stereocenters. The molecule has 0 aromatic heterocycles. The van der Waals surface area contributed by atoms with E-state index in [1.54, 1.807) is 6.07 Å². The van der Waals surface area contributed by atoms with Gasteiger partial charge in [0.25, 0.3) is 0 Å². The van der Waals surface area contributed by atoms with Crippen LogP contribution >= 0.6 is 0 Å². The first-order valence-electron chi connectivity index (χ1n) is 14.5. The maximum absolute atomic E-state index is 14.7. The number of halogens is 2. The maximum Gasteiger partial charge on any atom is 0.201 e. The molecule has 3 aromatic carbocycles. The summed E-state index contributed by atoms with van der Waals surface area (Å²) in [6.45, 7) is 4.66. The van der Waals surface area contributed by atoms with E-state index < -0.39 is 11.6 Å². The SMILES string of the molecule is CCCCOc1ccc(-c2ccc(CC/C=C/C3CCC(c4ccc(CCC)cc4)CC3)cc2)c(F)c1F. The Morgan fingerprint density at radius 1 is 0.763 bits per heavy atom. The van der Waals surface area contributed by atoms with E-state index in [-0.39, 0.29) is 11.3 Å². The van der Waals surface area contributed by atoms with Crippen molar-refractivity contribution in [1.29, 1.82) is 0 Å². The van der Waals surface area contributed by atoms with Gasteiger partial charge < -0.3 is 4.74 Å². The lowest BCUT2D eigenvalue weighted by atomic mass is 9.78. The molecule has 0 aliphatic heterocycles. The van der Waals surface area contributed by atoms with Crippen LogP contribution in [0.5, 0.6) is 5.75 Å². The summed E-state index contributed by atoms with van der Waals surface area (Å²) in [5, 5.41) is 0. The predicted octanol–water partition coefficient (Wildman–Crippen LogP) is 10.2. The van der Waals surface area contributed by atoms with Gasteiger partial charge >= 0.3 is 0 Å². The van der Waals surface area contributed by atoms with E-state index in [1.165, 1.54) is 61.3 Å². The quantitative estimate of drug-likeness (QED) is 0.172. The molecule has 4 rings (SSSR count). The van der Waals surface area contributed by atoms with Crippen molar-refractivity contribution in [2.75, 3.05) is 6.61 Å². The normalized spacial score (nSPS) is 17.7. The van der Waals surface area contributed by atoms with Crippen LogP contribution in [0.25, 0.3) is 11.1 Å². The summed E-state index contributed by atoms with van der Waals surface area (Å²) < 4.78 is 34.5. The second-order valence-electron chi connectivity index (χ2n) is 10.7. The molecule has 38 heavy (non-hydrogen) atoms. The fraction of sp³-hybridized carbons (Fsp3) is 0.429. The summed E-state index contributed by atoms with van der Waals surface area (Å²) >= 11 is 0. The molecular formula is C35H42F2O. The Morgan fingerprint density at radius 2 is 1.45 bits per heavy atom. The van der Waals surface area contributed by atoms with Gasteiger partial charge in [0.05, 0.1) is 6.61 Å². The van der Waals surface area contributed by atoms with Gasteiger partial charge in [-0.25, -0.2) is 4.39 Å². The highest BCUT2D eigenvalue weighted by Gasteiger charge is 2.21. The molecule has 1 aliphatic rings. The van der Waals surface area contributed by atoms with Crippen LogP contribution in [0.1, 0.15) is 87.8 Å². The molecule has 3 heteroatoms. The zero-order chi connectivity index (χ0) is 26.7. The van der Waals surface area contributed by atoms with Gasteiger partial charge in [-0.15, -0.1) is 0 Å². The van der Waals surface area contributed by atoms with Crippen LogP contribution < -0.4 is 4.74 Å². The number of hydrogen-bond donors (Lipinski definition) is 0. The second-order valence-corrected chi connectivity index (χ2v) is 10.7. The summed E-state index contributed by atoms with van der Waals surface area (Å²) in [5.41, 5.74) is 5.11. The molecule has 0 heterocycles. The van der Waals surface area contributed by atoms with Crippen molar-refractivity contribution < 1.29 is 13.5 Å². The maximum atomic E-state index is 14.7. The monoisotopic (exact) mass is 516 g/mol. The number of aryl methyl sites for hydroxylation is 2. The van der Waals surface area contributed by atoms with Crippen molar-refractivity contribution in [2.45, 2.75) is 84.0 Å². The van der Waals surface area contributed by atoms with Crippen LogP contribution in [0.4, 0.5) is 8.78 Å². The Morgan fingerprint density at radius 3 is 2.13 bits per heavy atom. The number of rotatable bonds is 12. The molecule has 1 fully saturated rings. The average Bonchev–Trinajstić information content (AvgIpc) is 2.95. The van der Waals surface area contributed by atoms with Crippen molar-refractivity contribution in [3.8, 4) is 16.9 Å². The summed E-state index contributed by atoms with van der Waals surface area (Å²) in [5.74, 6) is -0.390. The van der Waals surface area contributed by atoms with E-state index in [4.69, 9.17) is 4.74 Å². The largest absolute Gasteiger partial charge is 0.490 e. The lowest BCUT2D eigenvalue weighted by Gasteiger charge is -2.27. The molecule has 1 saturated carbocycles. The number of allylic oxidation sites excluding steroid dienone is 2. The minimum absolute atomic E-state index is 0.0161. The number of benzene rings is 3. The Hall–Kier alpha value is -2.94. The minimum atomic E-state index is -0.910. The molecule has 0 atom stereocenters. The van der Waals surface area contributed by atoms with Crippen molar-refractivity contribution in [3.05, 3.63) is 101 Å². The van der Waals surface area contributed by atoms with Crippen LogP contribution in [-0.2, 0) is 12.8 Å². The van der Waals surface area contributed by atoms with Crippen molar-refractivity contribution in [3.63, 3.8) is 0 Å². The molecular weight excluding hydrogens is 474 g/mol. The number of hydrogen-bond acceptors (Lipinski definition) is 1. The first-order chi connectivity index (χ1) is 18.6. The molecule has 202 valence electrons. The molecule has 1 aliphatic carbocycles. The van der Waals surface area contributed by atoms with Crippen molar-refractivity contribution in [1.82, 2.24) is 0 Å². The smallest absolute Gasteiger partial charge is 0.201 e. The Kier molecular flexibility index (Phi) is 10.6. The van der Waals surface area contributed by atoms with Gasteiger partial charge in [0.1, 0.15) is 0 Å². The highest BCUT2D eigenvalue weighted by molar-refractivity contribution is 5.65. The van der Waals surface area contributed by atoms with Crippen LogP contribution in [0.2, 0.25) is 0 Å². The third-order valence-electron chi connectivity index (χ3n) is 7.84. The topological polar surface area (TPSA) is 9.23 Å². The molecule has 0 saturated heterocycles. The highest BCUT2D eigenvalue weighted by Crippen LogP contribution is 2.36. The average molecular weight is 517 g/mol. The van der Waals surface area contributed by atoms with Crippen molar-refractivity contribution >= 4 is 0 Å². The van der Waals surface area contributed by atoms with E-state index in [0.29, 0.717) is 24.0 Å². The summed E-state index contributed by atoms with van der Waals surface area (Å²) in [4.78, 5) is 0. The zero-order valence-electron chi connectivity index (χ0n) is 23.0. The molecule has 0 amide bonds. The van der Waals surface area contributed by atoms with Gasteiger partial charge in [-0.05, 0) is 97.6 Å². The summed E-state index contributed by atoms with van der Waals surface area (Å²) in [6.07, 6.45) is 15.9. The lowest BCUT2D eigenvalue weighted by molar-refractivity contribution is 0.289. The number of ether oxygens (including phenoxy) is 1. The molecule has 3 aromatic rings. The van der Waals surface area contributed by atoms with E-state index in [9.17, 15) is 8.78 Å². The molecule has 0 radical (unpaired) electrons. The van der Waals surface area contributed by atoms with Gasteiger partial charge in [-0.1, -0.05) is 87.4 Å². The van der Waals surface area contributed by atoms with Crippen LogP contribution in [0, 0.1) is 17.6 Å². The Bertz CT molecular complexity index is 1160. The molecule has 1 nitrogen and oxygen atoms in total. The zero-order valence-corrected chi connectivity index (χ0v) is 23.0.